The van der Waals surface area contributed by atoms with Crippen molar-refractivity contribution in [2.45, 2.75) is 137 Å². The van der Waals surface area contributed by atoms with Gasteiger partial charge in [0.2, 0.25) is 0 Å². The summed E-state index contributed by atoms with van der Waals surface area (Å²) in [5.41, 5.74) is 2.04. The second-order valence-corrected chi connectivity index (χ2v) is 14.6. The first-order valence-corrected chi connectivity index (χ1v) is 18.3. The predicted octanol–water partition coefficient (Wildman–Crippen LogP) is 8.46. The van der Waals surface area contributed by atoms with Gasteiger partial charge in [0.05, 0.1) is 27.7 Å². The Kier molecular flexibility index (Phi) is 24.8. The molecule has 0 fully saturated rings. The summed E-state index contributed by atoms with van der Waals surface area (Å²) in [6, 6.07) is 0. The molecule has 0 saturated heterocycles. The van der Waals surface area contributed by atoms with Gasteiger partial charge in [-0.05, 0) is 40.0 Å². The van der Waals surface area contributed by atoms with E-state index in [2.05, 4.69) is 13.0 Å². The zero-order valence-electron chi connectivity index (χ0n) is 29.1. The fourth-order valence-electron chi connectivity index (χ4n) is 4.37. The predicted molar refractivity (Wildman–Crippen MR) is 178 cm³/mol. The van der Waals surface area contributed by atoms with Crippen LogP contribution in [0, 0.1) is 0 Å². The smallest absolute Gasteiger partial charge is 0.462 e. The molecule has 0 rings (SSSR count). The van der Waals surface area contributed by atoms with Gasteiger partial charge in [-0.25, -0.2) is 9.36 Å². The molecule has 0 bridgehead atoms. The van der Waals surface area contributed by atoms with Crippen molar-refractivity contribution in [1.29, 1.82) is 0 Å². The number of carbonyl (C=O) groups excluding carboxylic acids is 2. The van der Waals surface area contributed by atoms with E-state index >= 15 is 0 Å². The van der Waals surface area contributed by atoms with E-state index in [0.717, 1.165) is 31.3 Å². The fourth-order valence-corrected chi connectivity index (χ4v) is 5.11. The highest BCUT2D eigenvalue weighted by Crippen LogP contribution is 2.43. The first-order valence-electron chi connectivity index (χ1n) is 16.8. The third kappa shape index (κ3) is 29.2. The van der Waals surface area contributed by atoms with Gasteiger partial charge in [-0.2, -0.15) is 0 Å². The summed E-state index contributed by atoms with van der Waals surface area (Å²) in [5.74, 6) is -1.02. The summed E-state index contributed by atoms with van der Waals surface area (Å²) >= 11 is 0. The SMILES string of the molecule is CCCCCCCCCCCCCCCC(=O)OC[C@H](COP(=O)(O)OCC[N+](C)(C)C)OC(=O)/C=C(\C)CCC=C(C)C. The zero-order valence-corrected chi connectivity index (χ0v) is 30.0. The average Bonchev–Trinajstić information content (AvgIpc) is 2.91. The number of carbonyl (C=O) groups is 2. The van der Waals surface area contributed by atoms with Crippen LogP contribution in [0.4, 0.5) is 0 Å². The Balaban J connectivity index is 4.59. The zero-order chi connectivity index (χ0) is 33.3. The minimum absolute atomic E-state index is 0.0173. The van der Waals surface area contributed by atoms with Crippen LogP contribution in [0.5, 0.6) is 0 Å². The molecule has 0 aliphatic carbocycles. The number of phosphoric acid groups is 1. The number of unbranched alkanes of at least 4 members (excludes halogenated alkanes) is 12. The molecular formula is C34H65NO8P+. The summed E-state index contributed by atoms with van der Waals surface area (Å²) < 4.78 is 33.9. The highest BCUT2D eigenvalue weighted by Gasteiger charge is 2.26. The monoisotopic (exact) mass is 646 g/mol. The van der Waals surface area contributed by atoms with Crippen LogP contribution < -0.4 is 0 Å². The molecule has 0 aliphatic rings. The maximum atomic E-state index is 12.5. The van der Waals surface area contributed by atoms with E-state index < -0.39 is 32.5 Å². The van der Waals surface area contributed by atoms with E-state index in [1.165, 1.54) is 75.9 Å². The quantitative estimate of drug-likeness (QED) is 0.0225. The number of esters is 2. The summed E-state index contributed by atoms with van der Waals surface area (Å²) in [4.78, 5) is 35.0. The van der Waals surface area contributed by atoms with Gasteiger partial charge in [-0.3, -0.25) is 13.8 Å². The van der Waals surface area contributed by atoms with Crippen molar-refractivity contribution in [3.05, 3.63) is 23.3 Å². The Morgan fingerprint density at radius 3 is 1.86 bits per heavy atom. The maximum absolute atomic E-state index is 12.5. The lowest BCUT2D eigenvalue weighted by atomic mass is 10.0. The Morgan fingerprint density at radius 2 is 1.34 bits per heavy atom. The van der Waals surface area contributed by atoms with Crippen LogP contribution in [0.3, 0.4) is 0 Å². The number of phosphoric ester groups is 1. The minimum atomic E-state index is -4.38. The summed E-state index contributed by atoms with van der Waals surface area (Å²) in [6.07, 6.45) is 20.1. The third-order valence-electron chi connectivity index (χ3n) is 7.09. The molecule has 0 spiro atoms. The number of hydrogen-bond donors (Lipinski definition) is 1. The molecule has 0 amide bonds. The molecule has 1 unspecified atom stereocenters. The van der Waals surface area contributed by atoms with Gasteiger partial charge >= 0.3 is 19.8 Å². The third-order valence-corrected chi connectivity index (χ3v) is 8.08. The molecular weight excluding hydrogens is 581 g/mol. The minimum Gasteiger partial charge on any atom is -0.462 e. The number of quaternary nitrogens is 1. The molecule has 0 heterocycles. The number of likely N-dealkylation sites (N-methyl/N-ethyl adjacent to an activating group) is 1. The van der Waals surface area contributed by atoms with Crippen LogP contribution in [-0.2, 0) is 32.7 Å². The van der Waals surface area contributed by atoms with Gasteiger partial charge < -0.3 is 18.9 Å². The highest BCUT2D eigenvalue weighted by molar-refractivity contribution is 7.47. The largest absolute Gasteiger partial charge is 0.472 e. The van der Waals surface area contributed by atoms with E-state index in [0.29, 0.717) is 17.4 Å². The average molecular weight is 647 g/mol. The Bertz CT molecular complexity index is 877. The van der Waals surface area contributed by atoms with Crippen molar-refractivity contribution in [2.24, 2.45) is 0 Å². The molecule has 10 heteroatoms. The molecule has 0 saturated carbocycles. The van der Waals surface area contributed by atoms with E-state index in [9.17, 15) is 19.0 Å². The molecule has 0 aromatic heterocycles. The van der Waals surface area contributed by atoms with Gasteiger partial charge in [-0.1, -0.05) is 101 Å². The number of rotatable bonds is 28. The molecule has 0 radical (unpaired) electrons. The van der Waals surface area contributed by atoms with E-state index in [1.807, 2.05) is 41.9 Å². The Morgan fingerprint density at radius 1 is 0.795 bits per heavy atom. The van der Waals surface area contributed by atoms with Crippen LogP contribution in [-0.4, -0.2) is 74.9 Å². The van der Waals surface area contributed by atoms with Gasteiger partial charge in [0.25, 0.3) is 0 Å². The molecule has 0 aromatic carbocycles. The van der Waals surface area contributed by atoms with Crippen LogP contribution >= 0.6 is 7.82 Å². The summed E-state index contributed by atoms with van der Waals surface area (Å²) in [7, 11) is 1.42. The normalized spacial score (nSPS) is 14.1. The molecule has 9 nitrogen and oxygen atoms in total. The Labute approximate surface area is 268 Å². The van der Waals surface area contributed by atoms with Gasteiger partial charge in [0.1, 0.15) is 19.8 Å². The lowest BCUT2D eigenvalue weighted by molar-refractivity contribution is -0.870. The number of allylic oxidation sites excluding steroid dienone is 3. The van der Waals surface area contributed by atoms with E-state index in [-0.39, 0.29) is 19.6 Å². The van der Waals surface area contributed by atoms with Crippen molar-refractivity contribution in [1.82, 2.24) is 0 Å². The lowest BCUT2D eigenvalue weighted by Crippen LogP contribution is -2.37. The van der Waals surface area contributed by atoms with E-state index in [4.69, 9.17) is 18.5 Å². The van der Waals surface area contributed by atoms with Crippen molar-refractivity contribution < 1.29 is 42.1 Å². The molecule has 2 atom stereocenters. The number of nitrogens with zero attached hydrogens (tertiary/aromatic N) is 1. The van der Waals surface area contributed by atoms with Gasteiger partial charge in [0, 0.05) is 12.5 Å². The van der Waals surface area contributed by atoms with Crippen LogP contribution in [0.1, 0.15) is 130 Å². The molecule has 1 N–H and O–H groups in total. The number of hydrogen-bond acceptors (Lipinski definition) is 7. The second kappa shape index (κ2) is 25.7. The van der Waals surface area contributed by atoms with Crippen molar-refractivity contribution in [2.75, 3.05) is 47.5 Å². The van der Waals surface area contributed by atoms with Crippen molar-refractivity contribution in [3.63, 3.8) is 0 Å². The van der Waals surface area contributed by atoms with E-state index in [1.54, 1.807) is 0 Å². The standard InChI is InChI=1S/C34H64NO8P/c1-8-9-10-11-12-13-14-15-16-17-18-19-20-24-33(36)40-28-32(29-42-44(38,39)41-26-25-35(5,6)7)43-34(37)27-31(4)23-21-22-30(2)3/h22,27,32H,8-21,23-26,28-29H2,1-7H3/p+1/b31-27+/t32-/m1/s1. The van der Waals surface area contributed by atoms with Gasteiger partial charge in [0.15, 0.2) is 6.10 Å². The second-order valence-electron chi connectivity index (χ2n) is 13.2. The Hall–Kier alpha value is -1.51. The van der Waals surface area contributed by atoms with Crippen LogP contribution in [0.25, 0.3) is 0 Å². The first-order chi connectivity index (χ1) is 20.7. The van der Waals surface area contributed by atoms with Gasteiger partial charge in [-0.15, -0.1) is 0 Å². The lowest BCUT2D eigenvalue weighted by Gasteiger charge is -2.24. The molecule has 0 aromatic rings. The summed E-state index contributed by atoms with van der Waals surface area (Å²) in [6.45, 7) is 7.92. The topological polar surface area (TPSA) is 108 Å². The number of ether oxygens (including phenoxy) is 2. The first kappa shape index (κ1) is 42.5. The molecule has 44 heavy (non-hydrogen) atoms. The molecule has 0 aliphatic heterocycles. The molecule has 258 valence electrons. The van der Waals surface area contributed by atoms with Crippen LogP contribution in [0.2, 0.25) is 0 Å². The van der Waals surface area contributed by atoms with Crippen molar-refractivity contribution in [3.8, 4) is 0 Å². The van der Waals surface area contributed by atoms with Crippen LogP contribution in [0.15, 0.2) is 23.3 Å². The van der Waals surface area contributed by atoms with Crippen molar-refractivity contribution >= 4 is 19.8 Å². The summed E-state index contributed by atoms with van der Waals surface area (Å²) in [5, 5.41) is 0. The fraction of sp³-hybridized carbons (Fsp3) is 0.824. The highest BCUT2D eigenvalue weighted by atomic mass is 31.2. The maximum Gasteiger partial charge on any atom is 0.472 e.